The van der Waals surface area contributed by atoms with Crippen LogP contribution in [-0.2, 0) is 0 Å². The summed E-state index contributed by atoms with van der Waals surface area (Å²) >= 11 is 0. The van der Waals surface area contributed by atoms with Gasteiger partial charge in [0, 0.05) is 0 Å². The van der Waals surface area contributed by atoms with E-state index in [-0.39, 0.29) is 11.1 Å². The van der Waals surface area contributed by atoms with Crippen LogP contribution in [0.1, 0.15) is 26.3 Å². The standard InChI is InChI=1S/C15H12O4/c1-9-2-4-10(5-3-9)11-6-7-12(14(16)17)13(8-11)15(18)19/h2-8H,1H3,(H,16,17)(H,18,19). The first kappa shape index (κ1) is 12.8. The second-order valence-corrected chi connectivity index (χ2v) is 4.24. The van der Waals surface area contributed by atoms with Crippen LogP contribution >= 0.6 is 0 Å². The second-order valence-electron chi connectivity index (χ2n) is 4.24. The molecule has 0 atom stereocenters. The van der Waals surface area contributed by atoms with E-state index < -0.39 is 11.9 Å². The normalized spacial score (nSPS) is 10.2. The van der Waals surface area contributed by atoms with E-state index in [1.165, 1.54) is 12.1 Å². The molecule has 0 saturated carbocycles. The Morgan fingerprint density at radius 2 is 1.32 bits per heavy atom. The van der Waals surface area contributed by atoms with Gasteiger partial charge in [0.25, 0.3) is 0 Å². The Labute approximate surface area is 109 Å². The fourth-order valence-corrected chi connectivity index (χ4v) is 1.83. The summed E-state index contributed by atoms with van der Waals surface area (Å²) in [5.74, 6) is -2.49. The first-order valence-corrected chi connectivity index (χ1v) is 5.66. The zero-order valence-corrected chi connectivity index (χ0v) is 10.3. The number of carbonyl (C=O) groups is 2. The van der Waals surface area contributed by atoms with Crippen LogP contribution in [0.4, 0.5) is 0 Å². The van der Waals surface area contributed by atoms with Gasteiger partial charge in [-0.3, -0.25) is 0 Å². The Kier molecular flexibility index (Phi) is 3.33. The van der Waals surface area contributed by atoms with Crippen molar-refractivity contribution in [2.45, 2.75) is 6.92 Å². The molecule has 0 spiro atoms. The molecular weight excluding hydrogens is 244 g/mol. The minimum atomic E-state index is -1.24. The van der Waals surface area contributed by atoms with Crippen molar-refractivity contribution in [1.29, 1.82) is 0 Å². The van der Waals surface area contributed by atoms with E-state index in [1.54, 1.807) is 6.07 Å². The topological polar surface area (TPSA) is 74.6 Å². The smallest absolute Gasteiger partial charge is 0.336 e. The second kappa shape index (κ2) is 4.94. The van der Waals surface area contributed by atoms with Crippen molar-refractivity contribution in [3.8, 4) is 11.1 Å². The van der Waals surface area contributed by atoms with Crippen molar-refractivity contribution in [1.82, 2.24) is 0 Å². The van der Waals surface area contributed by atoms with Crippen LogP contribution in [0.2, 0.25) is 0 Å². The molecule has 19 heavy (non-hydrogen) atoms. The third-order valence-electron chi connectivity index (χ3n) is 2.87. The molecular formula is C15H12O4. The summed E-state index contributed by atoms with van der Waals surface area (Å²) in [5.41, 5.74) is 2.23. The first-order chi connectivity index (χ1) is 8.99. The highest BCUT2D eigenvalue weighted by Crippen LogP contribution is 2.23. The van der Waals surface area contributed by atoms with Crippen LogP contribution in [0.25, 0.3) is 11.1 Å². The number of aromatic carboxylic acids is 2. The van der Waals surface area contributed by atoms with Gasteiger partial charge >= 0.3 is 11.9 Å². The predicted octanol–water partition coefficient (Wildman–Crippen LogP) is 3.06. The van der Waals surface area contributed by atoms with Crippen LogP contribution in [-0.4, -0.2) is 22.2 Å². The minimum Gasteiger partial charge on any atom is -0.478 e. The Morgan fingerprint density at radius 3 is 1.84 bits per heavy atom. The molecule has 0 aromatic heterocycles. The Hall–Kier alpha value is -2.62. The Morgan fingerprint density at radius 1 is 0.789 bits per heavy atom. The number of benzene rings is 2. The van der Waals surface area contributed by atoms with Crippen molar-refractivity contribution in [3.05, 3.63) is 59.2 Å². The van der Waals surface area contributed by atoms with Gasteiger partial charge in [0.1, 0.15) is 0 Å². The molecule has 0 aliphatic heterocycles. The van der Waals surface area contributed by atoms with Gasteiger partial charge in [0.15, 0.2) is 0 Å². The number of aryl methyl sites for hydroxylation is 1. The van der Waals surface area contributed by atoms with Crippen LogP contribution < -0.4 is 0 Å². The predicted molar refractivity (Wildman–Crippen MR) is 70.5 cm³/mol. The lowest BCUT2D eigenvalue weighted by atomic mass is 9.98. The lowest BCUT2D eigenvalue weighted by molar-refractivity contribution is 0.0651. The third-order valence-corrected chi connectivity index (χ3v) is 2.87. The largest absolute Gasteiger partial charge is 0.478 e. The summed E-state index contributed by atoms with van der Waals surface area (Å²) in [6.45, 7) is 1.96. The van der Waals surface area contributed by atoms with Gasteiger partial charge in [-0.05, 0) is 30.2 Å². The van der Waals surface area contributed by atoms with Gasteiger partial charge in [-0.1, -0.05) is 35.9 Å². The minimum absolute atomic E-state index is 0.203. The van der Waals surface area contributed by atoms with Crippen LogP contribution in [0, 0.1) is 6.92 Å². The molecule has 0 aliphatic carbocycles. The van der Waals surface area contributed by atoms with Gasteiger partial charge < -0.3 is 10.2 Å². The molecule has 2 rings (SSSR count). The molecule has 4 nitrogen and oxygen atoms in total. The maximum absolute atomic E-state index is 11.1. The van der Waals surface area contributed by atoms with E-state index in [9.17, 15) is 9.59 Å². The molecule has 0 unspecified atom stereocenters. The van der Waals surface area contributed by atoms with Crippen LogP contribution in [0.3, 0.4) is 0 Å². The van der Waals surface area contributed by atoms with E-state index in [4.69, 9.17) is 10.2 Å². The highest BCUT2D eigenvalue weighted by Gasteiger charge is 2.16. The molecule has 0 amide bonds. The van der Waals surface area contributed by atoms with E-state index >= 15 is 0 Å². The van der Waals surface area contributed by atoms with E-state index in [0.717, 1.165) is 11.1 Å². The molecule has 0 radical (unpaired) electrons. The number of hydrogen-bond donors (Lipinski definition) is 2. The Bertz CT molecular complexity index is 642. The molecule has 0 heterocycles. The van der Waals surface area contributed by atoms with E-state index in [1.807, 2.05) is 31.2 Å². The third kappa shape index (κ3) is 2.63. The summed E-state index contributed by atoms with van der Waals surface area (Å²) < 4.78 is 0. The molecule has 2 aromatic carbocycles. The monoisotopic (exact) mass is 256 g/mol. The lowest BCUT2D eigenvalue weighted by Gasteiger charge is -2.06. The summed E-state index contributed by atoms with van der Waals surface area (Å²) in [7, 11) is 0. The molecule has 0 saturated heterocycles. The van der Waals surface area contributed by atoms with Gasteiger partial charge in [-0.2, -0.15) is 0 Å². The SMILES string of the molecule is Cc1ccc(-c2ccc(C(=O)O)c(C(=O)O)c2)cc1. The molecule has 0 bridgehead atoms. The summed E-state index contributed by atoms with van der Waals surface area (Å²) in [6, 6.07) is 11.9. The summed E-state index contributed by atoms with van der Waals surface area (Å²) in [4.78, 5) is 22.1. The van der Waals surface area contributed by atoms with Crippen molar-refractivity contribution >= 4 is 11.9 Å². The first-order valence-electron chi connectivity index (χ1n) is 5.66. The van der Waals surface area contributed by atoms with Crippen LogP contribution in [0.5, 0.6) is 0 Å². The number of hydrogen-bond acceptors (Lipinski definition) is 2. The fourth-order valence-electron chi connectivity index (χ4n) is 1.83. The number of carboxylic acids is 2. The zero-order valence-electron chi connectivity index (χ0n) is 10.3. The molecule has 0 aliphatic rings. The van der Waals surface area contributed by atoms with Crippen LogP contribution in [0.15, 0.2) is 42.5 Å². The fraction of sp³-hybridized carbons (Fsp3) is 0.0667. The lowest BCUT2D eigenvalue weighted by Crippen LogP contribution is -2.07. The summed E-state index contributed by atoms with van der Waals surface area (Å²) in [6.07, 6.45) is 0. The summed E-state index contributed by atoms with van der Waals surface area (Å²) in [5, 5.41) is 18.0. The van der Waals surface area contributed by atoms with Gasteiger partial charge in [0.05, 0.1) is 11.1 Å². The molecule has 2 aromatic rings. The quantitative estimate of drug-likeness (QED) is 0.885. The van der Waals surface area contributed by atoms with Crippen molar-refractivity contribution in [2.24, 2.45) is 0 Å². The maximum atomic E-state index is 11.1. The number of carboxylic acid groups (broad SMARTS) is 2. The van der Waals surface area contributed by atoms with E-state index in [0.29, 0.717) is 5.56 Å². The number of rotatable bonds is 3. The molecule has 0 fully saturated rings. The van der Waals surface area contributed by atoms with E-state index in [2.05, 4.69) is 0 Å². The zero-order chi connectivity index (χ0) is 14.0. The van der Waals surface area contributed by atoms with Gasteiger partial charge in [-0.25, -0.2) is 9.59 Å². The molecule has 2 N–H and O–H groups in total. The van der Waals surface area contributed by atoms with Gasteiger partial charge in [0.2, 0.25) is 0 Å². The maximum Gasteiger partial charge on any atom is 0.336 e. The molecule has 4 heteroatoms. The van der Waals surface area contributed by atoms with Crippen molar-refractivity contribution in [3.63, 3.8) is 0 Å². The highest BCUT2D eigenvalue weighted by atomic mass is 16.4. The van der Waals surface area contributed by atoms with Gasteiger partial charge in [-0.15, -0.1) is 0 Å². The highest BCUT2D eigenvalue weighted by molar-refractivity contribution is 6.02. The molecule has 96 valence electrons. The average molecular weight is 256 g/mol. The van der Waals surface area contributed by atoms with Crippen molar-refractivity contribution < 1.29 is 19.8 Å². The Balaban J connectivity index is 2.55. The van der Waals surface area contributed by atoms with Crippen molar-refractivity contribution in [2.75, 3.05) is 0 Å². The average Bonchev–Trinajstić information content (AvgIpc) is 2.38.